The summed E-state index contributed by atoms with van der Waals surface area (Å²) in [6.07, 6.45) is 1.08. The molecule has 0 radical (unpaired) electrons. The van der Waals surface area contributed by atoms with Gasteiger partial charge < -0.3 is 14.8 Å². The van der Waals surface area contributed by atoms with Crippen molar-refractivity contribution >= 4 is 22.6 Å². The molecule has 0 fully saturated rings. The smallest absolute Gasteiger partial charge is 0.331 e. The van der Waals surface area contributed by atoms with E-state index in [2.05, 4.69) is 5.32 Å². The van der Waals surface area contributed by atoms with Crippen LogP contribution in [0, 0.1) is 5.41 Å². The number of carbonyl (C=O) groups is 2. The molecule has 1 aromatic heterocycles. The molecule has 2 aromatic carbocycles. The quantitative estimate of drug-likeness (QED) is 0.426. The molecule has 0 aliphatic carbocycles. The number of carbonyl (C=O) groups excluding carboxylic acids is 2. The molecule has 0 aliphatic heterocycles. The van der Waals surface area contributed by atoms with Gasteiger partial charge in [-0.1, -0.05) is 39.0 Å². The lowest BCUT2D eigenvalue weighted by Crippen LogP contribution is -2.42. The van der Waals surface area contributed by atoms with Crippen LogP contribution in [0.3, 0.4) is 0 Å². The van der Waals surface area contributed by atoms with Crippen molar-refractivity contribution in [2.24, 2.45) is 5.41 Å². The van der Waals surface area contributed by atoms with Crippen molar-refractivity contribution in [3.8, 4) is 11.5 Å². The van der Waals surface area contributed by atoms with Gasteiger partial charge in [-0.05, 0) is 42.7 Å². The van der Waals surface area contributed by atoms with Gasteiger partial charge in [0.15, 0.2) is 17.3 Å². The number of ether oxygens (including phenoxy) is 2. The van der Waals surface area contributed by atoms with Crippen LogP contribution in [0.4, 0.5) is 0 Å². The largest absolute Gasteiger partial charge is 0.493 e. The normalized spacial score (nSPS) is 11.4. The van der Waals surface area contributed by atoms with Crippen molar-refractivity contribution in [1.82, 2.24) is 14.5 Å². The van der Waals surface area contributed by atoms with Crippen molar-refractivity contribution in [3.05, 3.63) is 68.9 Å². The summed E-state index contributed by atoms with van der Waals surface area (Å²) in [5.74, 6) is 0.986. The first-order valence-corrected chi connectivity index (χ1v) is 12.3. The SMILES string of the molecule is COc1ccc(CCNC(=O)CCCn2c(=O)c3ccccc3n(CC(=O)C(C)(C)C)c2=O)cc1OC. The van der Waals surface area contributed by atoms with Gasteiger partial charge in [0.05, 0.1) is 31.7 Å². The zero-order chi connectivity index (χ0) is 27.2. The van der Waals surface area contributed by atoms with E-state index in [1.165, 1.54) is 4.57 Å². The third-order valence-corrected chi connectivity index (χ3v) is 6.24. The number of hydrogen-bond donors (Lipinski definition) is 1. The van der Waals surface area contributed by atoms with Gasteiger partial charge >= 0.3 is 5.69 Å². The molecule has 9 nitrogen and oxygen atoms in total. The van der Waals surface area contributed by atoms with Crippen molar-refractivity contribution in [3.63, 3.8) is 0 Å². The molecule has 1 amide bonds. The van der Waals surface area contributed by atoms with Crippen molar-refractivity contribution in [2.45, 2.75) is 53.1 Å². The lowest BCUT2D eigenvalue weighted by atomic mass is 9.91. The Balaban J connectivity index is 1.65. The number of nitrogens with one attached hydrogen (secondary N) is 1. The highest BCUT2D eigenvalue weighted by Gasteiger charge is 2.23. The molecule has 0 saturated heterocycles. The Kier molecular flexibility index (Phi) is 8.91. The van der Waals surface area contributed by atoms with Crippen molar-refractivity contribution < 1.29 is 19.1 Å². The summed E-state index contributed by atoms with van der Waals surface area (Å²) in [4.78, 5) is 51.3. The lowest BCUT2D eigenvalue weighted by molar-refractivity contribution is -0.126. The minimum absolute atomic E-state index is 0.0787. The Labute approximate surface area is 216 Å². The number of hydrogen-bond acceptors (Lipinski definition) is 6. The Morgan fingerprint density at radius 2 is 1.65 bits per heavy atom. The maximum absolute atomic E-state index is 13.2. The number of methoxy groups -OCH3 is 2. The van der Waals surface area contributed by atoms with E-state index < -0.39 is 16.7 Å². The zero-order valence-electron chi connectivity index (χ0n) is 22.1. The van der Waals surface area contributed by atoms with Gasteiger partial charge in [0.2, 0.25) is 5.91 Å². The number of fused-ring (bicyclic) bond motifs is 1. The van der Waals surface area contributed by atoms with Crippen LogP contribution in [-0.4, -0.2) is 41.6 Å². The average molecular weight is 510 g/mol. The average Bonchev–Trinajstić information content (AvgIpc) is 2.87. The number of nitrogens with zero attached hydrogens (tertiary/aromatic N) is 2. The zero-order valence-corrected chi connectivity index (χ0v) is 22.1. The highest BCUT2D eigenvalue weighted by molar-refractivity contribution is 5.86. The number of benzene rings is 2. The predicted molar refractivity (Wildman–Crippen MR) is 142 cm³/mol. The van der Waals surface area contributed by atoms with E-state index in [0.29, 0.717) is 41.8 Å². The second-order valence-corrected chi connectivity index (χ2v) is 9.91. The van der Waals surface area contributed by atoms with Crippen LogP contribution in [0.15, 0.2) is 52.1 Å². The Bertz CT molecular complexity index is 1400. The fraction of sp³-hybridized carbons (Fsp3) is 0.429. The molecule has 1 heterocycles. The summed E-state index contributed by atoms with van der Waals surface area (Å²) in [5, 5.41) is 3.23. The molecular formula is C28H35N3O6. The van der Waals surface area contributed by atoms with Gasteiger partial charge in [-0.2, -0.15) is 0 Å². The number of ketones is 1. The summed E-state index contributed by atoms with van der Waals surface area (Å²) in [6.45, 7) is 5.77. The van der Waals surface area contributed by atoms with E-state index in [-0.39, 0.29) is 31.2 Å². The van der Waals surface area contributed by atoms with Crippen LogP contribution in [0.25, 0.3) is 10.9 Å². The number of amides is 1. The van der Waals surface area contributed by atoms with E-state index in [0.717, 1.165) is 10.1 Å². The Morgan fingerprint density at radius 1 is 0.946 bits per heavy atom. The molecular weight excluding hydrogens is 474 g/mol. The van der Waals surface area contributed by atoms with E-state index in [1.807, 2.05) is 18.2 Å². The van der Waals surface area contributed by atoms with Crippen LogP contribution in [0.1, 0.15) is 39.2 Å². The summed E-state index contributed by atoms with van der Waals surface area (Å²) in [5.41, 5.74) is -0.175. The second kappa shape index (κ2) is 11.9. The molecule has 0 bridgehead atoms. The number of para-hydroxylation sites is 1. The Morgan fingerprint density at radius 3 is 2.32 bits per heavy atom. The van der Waals surface area contributed by atoms with Crippen LogP contribution in [0.2, 0.25) is 0 Å². The van der Waals surface area contributed by atoms with Crippen molar-refractivity contribution in [1.29, 1.82) is 0 Å². The maximum atomic E-state index is 13.2. The minimum atomic E-state index is -0.628. The fourth-order valence-electron chi connectivity index (χ4n) is 3.97. The number of aromatic nitrogens is 2. The summed E-state index contributed by atoms with van der Waals surface area (Å²) < 4.78 is 13.0. The van der Waals surface area contributed by atoms with Crippen molar-refractivity contribution in [2.75, 3.05) is 20.8 Å². The third kappa shape index (κ3) is 6.67. The van der Waals surface area contributed by atoms with Gasteiger partial charge in [0.1, 0.15) is 0 Å². The van der Waals surface area contributed by atoms with Crippen LogP contribution < -0.4 is 26.0 Å². The molecule has 1 N–H and O–H groups in total. The van der Waals surface area contributed by atoms with Gasteiger partial charge in [-0.3, -0.25) is 23.5 Å². The van der Waals surface area contributed by atoms with E-state index in [1.54, 1.807) is 59.3 Å². The van der Waals surface area contributed by atoms with Crippen LogP contribution in [0.5, 0.6) is 11.5 Å². The standard InChI is InChI=1S/C28H35N3O6/c1-28(2,3)24(32)18-31-21-10-7-6-9-20(21)26(34)30(27(31)35)16-8-11-25(33)29-15-14-19-12-13-22(36-4)23(17-19)37-5/h6-7,9-10,12-13,17H,8,11,14-16,18H2,1-5H3,(H,29,33). The van der Waals surface area contributed by atoms with Crippen LogP contribution in [-0.2, 0) is 29.1 Å². The maximum Gasteiger partial charge on any atom is 0.331 e. The topological polar surface area (TPSA) is 109 Å². The monoisotopic (exact) mass is 509 g/mol. The van der Waals surface area contributed by atoms with Crippen LogP contribution >= 0.6 is 0 Å². The first kappa shape index (κ1) is 27.7. The highest BCUT2D eigenvalue weighted by Crippen LogP contribution is 2.27. The van der Waals surface area contributed by atoms with Gasteiger partial charge in [-0.25, -0.2) is 4.79 Å². The van der Waals surface area contributed by atoms with Gasteiger partial charge in [0, 0.05) is 24.9 Å². The van der Waals surface area contributed by atoms with Gasteiger partial charge in [0.25, 0.3) is 5.56 Å². The highest BCUT2D eigenvalue weighted by atomic mass is 16.5. The summed E-state index contributed by atoms with van der Waals surface area (Å²) in [6, 6.07) is 12.4. The van der Waals surface area contributed by atoms with E-state index in [9.17, 15) is 19.2 Å². The third-order valence-electron chi connectivity index (χ3n) is 6.24. The number of rotatable bonds is 11. The Hall–Kier alpha value is -3.88. The minimum Gasteiger partial charge on any atom is -0.493 e. The van der Waals surface area contributed by atoms with Gasteiger partial charge in [-0.15, -0.1) is 0 Å². The summed E-state index contributed by atoms with van der Waals surface area (Å²) in [7, 11) is 3.14. The molecule has 0 aliphatic rings. The first-order chi connectivity index (χ1) is 17.6. The fourth-order valence-corrected chi connectivity index (χ4v) is 3.97. The molecule has 0 atom stereocenters. The first-order valence-electron chi connectivity index (χ1n) is 12.3. The van der Waals surface area contributed by atoms with E-state index >= 15 is 0 Å². The molecule has 3 aromatic rings. The number of Topliss-reactive ketones (excluding diaryl/α,β-unsaturated/α-hetero) is 1. The molecule has 0 unspecified atom stereocenters. The molecule has 198 valence electrons. The summed E-state index contributed by atoms with van der Waals surface area (Å²) >= 11 is 0. The molecule has 9 heteroatoms. The molecule has 37 heavy (non-hydrogen) atoms. The molecule has 0 spiro atoms. The van der Waals surface area contributed by atoms with E-state index in [4.69, 9.17) is 9.47 Å². The molecule has 0 saturated carbocycles. The predicted octanol–water partition coefficient (Wildman–Crippen LogP) is 2.93. The second-order valence-electron chi connectivity index (χ2n) is 9.91. The lowest BCUT2D eigenvalue weighted by Gasteiger charge is -2.19. The molecule has 3 rings (SSSR count).